The van der Waals surface area contributed by atoms with Crippen LogP contribution in [0.4, 0.5) is 0 Å². The van der Waals surface area contributed by atoms with Crippen molar-refractivity contribution in [3.05, 3.63) is 12.7 Å². The smallest absolute Gasteiger partial charge is 0.323 e. The minimum Gasteiger partial charge on any atom is -0.459 e. The van der Waals surface area contributed by atoms with Crippen molar-refractivity contribution in [1.29, 1.82) is 0 Å². The average molecular weight is 185 g/mol. The van der Waals surface area contributed by atoms with Gasteiger partial charge in [0, 0.05) is 6.54 Å². The predicted molar refractivity (Wildman–Crippen MR) is 53.5 cm³/mol. The van der Waals surface area contributed by atoms with Crippen molar-refractivity contribution in [1.82, 2.24) is 5.32 Å². The Morgan fingerprint density at radius 2 is 2.15 bits per heavy atom. The number of carbonyl (C=O) groups is 1. The van der Waals surface area contributed by atoms with Crippen LogP contribution >= 0.6 is 0 Å². The molecule has 0 fully saturated rings. The monoisotopic (exact) mass is 185 g/mol. The normalized spacial score (nSPS) is 13.5. The van der Waals surface area contributed by atoms with Gasteiger partial charge in [-0.15, -0.1) is 6.58 Å². The second-order valence-electron chi connectivity index (χ2n) is 3.95. The molecule has 0 radical (unpaired) electrons. The van der Waals surface area contributed by atoms with Crippen molar-refractivity contribution in [2.45, 2.75) is 39.3 Å². The van der Waals surface area contributed by atoms with E-state index in [0.717, 1.165) is 0 Å². The summed E-state index contributed by atoms with van der Waals surface area (Å²) < 4.78 is 5.16. The molecule has 13 heavy (non-hydrogen) atoms. The number of ether oxygens (including phenoxy) is 1. The van der Waals surface area contributed by atoms with Crippen LogP contribution in [0, 0.1) is 0 Å². The molecule has 76 valence electrons. The van der Waals surface area contributed by atoms with Crippen LogP contribution in [-0.2, 0) is 9.53 Å². The molecule has 0 rings (SSSR count). The van der Waals surface area contributed by atoms with Crippen molar-refractivity contribution in [3.8, 4) is 0 Å². The third-order valence-corrected chi connectivity index (χ3v) is 1.33. The van der Waals surface area contributed by atoms with Gasteiger partial charge in [-0.3, -0.25) is 4.79 Å². The molecule has 0 heterocycles. The van der Waals surface area contributed by atoms with E-state index < -0.39 is 5.60 Å². The fourth-order valence-corrected chi connectivity index (χ4v) is 0.734. The molecule has 0 aliphatic carbocycles. The Morgan fingerprint density at radius 1 is 1.62 bits per heavy atom. The SMILES string of the molecule is C=CCN[C@H](C)C(=O)OC(C)(C)C. The highest BCUT2D eigenvalue weighted by atomic mass is 16.6. The van der Waals surface area contributed by atoms with Gasteiger partial charge in [0.2, 0.25) is 0 Å². The molecule has 3 nitrogen and oxygen atoms in total. The second kappa shape index (κ2) is 5.02. The molecule has 0 bridgehead atoms. The minimum absolute atomic E-state index is 0.227. The standard InChI is InChI=1S/C10H19NO2/c1-6-7-11-8(2)9(12)13-10(3,4)5/h6,8,11H,1,7H2,2-5H3/t8-/m1/s1. The lowest BCUT2D eigenvalue weighted by molar-refractivity contribution is -0.156. The Morgan fingerprint density at radius 3 is 2.54 bits per heavy atom. The lowest BCUT2D eigenvalue weighted by atomic mass is 10.2. The first kappa shape index (κ1) is 12.2. The molecular formula is C10H19NO2. The van der Waals surface area contributed by atoms with E-state index in [0.29, 0.717) is 6.54 Å². The zero-order chi connectivity index (χ0) is 10.5. The van der Waals surface area contributed by atoms with Crippen LogP contribution in [-0.4, -0.2) is 24.2 Å². The molecule has 3 heteroatoms. The first-order valence-corrected chi connectivity index (χ1v) is 4.44. The van der Waals surface area contributed by atoms with Gasteiger partial charge in [0.25, 0.3) is 0 Å². The molecule has 0 saturated carbocycles. The number of carbonyl (C=O) groups excluding carboxylic acids is 1. The Kier molecular flexibility index (Phi) is 4.70. The van der Waals surface area contributed by atoms with Crippen molar-refractivity contribution in [2.75, 3.05) is 6.54 Å². The van der Waals surface area contributed by atoms with E-state index >= 15 is 0 Å². The number of hydrogen-bond acceptors (Lipinski definition) is 3. The zero-order valence-corrected chi connectivity index (χ0v) is 8.89. The van der Waals surface area contributed by atoms with Gasteiger partial charge < -0.3 is 10.1 Å². The van der Waals surface area contributed by atoms with Gasteiger partial charge in [-0.05, 0) is 27.7 Å². The van der Waals surface area contributed by atoms with E-state index in [-0.39, 0.29) is 12.0 Å². The molecule has 0 aromatic heterocycles. The number of nitrogens with one attached hydrogen (secondary N) is 1. The Labute approximate surface area is 80.2 Å². The number of hydrogen-bond donors (Lipinski definition) is 1. The molecule has 0 amide bonds. The van der Waals surface area contributed by atoms with E-state index in [2.05, 4.69) is 11.9 Å². The molecule has 0 saturated heterocycles. The van der Waals surface area contributed by atoms with Crippen molar-refractivity contribution in [3.63, 3.8) is 0 Å². The molecule has 0 spiro atoms. The molecule has 0 aliphatic heterocycles. The lowest BCUT2D eigenvalue weighted by Gasteiger charge is -2.22. The highest BCUT2D eigenvalue weighted by Gasteiger charge is 2.20. The summed E-state index contributed by atoms with van der Waals surface area (Å²) in [7, 11) is 0. The summed E-state index contributed by atoms with van der Waals surface area (Å²) in [5, 5.41) is 2.96. The summed E-state index contributed by atoms with van der Waals surface area (Å²) in [5.41, 5.74) is -0.415. The number of rotatable bonds is 4. The van der Waals surface area contributed by atoms with Crippen molar-refractivity contribution in [2.24, 2.45) is 0 Å². The van der Waals surface area contributed by atoms with Gasteiger partial charge >= 0.3 is 5.97 Å². The predicted octanol–water partition coefficient (Wildman–Crippen LogP) is 1.49. The van der Waals surface area contributed by atoms with Crippen LogP contribution < -0.4 is 5.32 Å². The quantitative estimate of drug-likeness (QED) is 0.532. The maximum absolute atomic E-state index is 11.3. The van der Waals surface area contributed by atoms with Gasteiger partial charge in [0.1, 0.15) is 11.6 Å². The fourth-order valence-electron chi connectivity index (χ4n) is 0.734. The molecule has 0 aliphatic rings. The topological polar surface area (TPSA) is 38.3 Å². The van der Waals surface area contributed by atoms with Crippen LogP contribution in [0.25, 0.3) is 0 Å². The largest absolute Gasteiger partial charge is 0.459 e. The molecule has 0 aromatic carbocycles. The summed E-state index contributed by atoms with van der Waals surface area (Å²) in [4.78, 5) is 11.3. The highest BCUT2D eigenvalue weighted by molar-refractivity contribution is 5.75. The fraction of sp³-hybridized carbons (Fsp3) is 0.700. The van der Waals surface area contributed by atoms with E-state index in [1.165, 1.54) is 0 Å². The maximum atomic E-state index is 11.3. The van der Waals surface area contributed by atoms with Crippen molar-refractivity contribution >= 4 is 5.97 Å². The van der Waals surface area contributed by atoms with Crippen LogP contribution in [0.2, 0.25) is 0 Å². The van der Waals surface area contributed by atoms with E-state index in [1.807, 2.05) is 20.8 Å². The Balaban J connectivity index is 3.89. The van der Waals surface area contributed by atoms with Gasteiger partial charge in [-0.25, -0.2) is 0 Å². The highest BCUT2D eigenvalue weighted by Crippen LogP contribution is 2.07. The number of esters is 1. The summed E-state index contributed by atoms with van der Waals surface area (Å²) in [6.07, 6.45) is 1.71. The summed E-state index contributed by atoms with van der Waals surface area (Å²) in [6, 6.07) is -0.280. The first-order valence-electron chi connectivity index (χ1n) is 4.44. The molecular weight excluding hydrogens is 166 g/mol. The molecule has 0 unspecified atom stereocenters. The summed E-state index contributed by atoms with van der Waals surface area (Å²) in [5.74, 6) is -0.227. The van der Waals surface area contributed by atoms with Gasteiger partial charge in [-0.1, -0.05) is 6.08 Å². The third kappa shape index (κ3) is 6.34. The first-order chi connectivity index (χ1) is 5.87. The van der Waals surface area contributed by atoms with Crippen LogP contribution in [0.1, 0.15) is 27.7 Å². The van der Waals surface area contributed by atoms with E-state index in [9.17, 15) is 4.79 Å². The van der Waals surface area contributed by atoms with Gasteiger partial charge in [0.05, 0.1) is 0 Å². The Hall–Kier alpha value is -0.830. The third-order valence-electron chi connectivity index (χ3n) is 1.33. The van der Waals surface area contributed by atoms with Gasteiger partial charge in [0.15, 0.2) is 0 Å². The lowest BCUT2D eigenvalue weighted by Crippen LogP contribution is -2.39. The summed E-state index contributed by atoms with van der Waals surface area (Å²) >= 11 is 0. The van der Waals surface area contributed by atoms with Crippen LogP contribution in [0.5, 0.6) is 0 Å². The molecule has 1 atom stereocenters. The summed E-state index contributed by atoms with van der Waals surface area (Å²) in [6.45, 7) is 11.5. The molecule has 1 N–H and O–H groups in total. The van der Waals surface area contributed by atoms with Crippen LogP contribution in [0.15, 0.2) is 12.7 Å². The molecule has 0 aromatic rings. The average Bonchev–Trinajstić information content (AvgIpc) is 1.96. The second-order valence-corrected chi connectivity index (χ2v) is 3.95. The van der Waals surface area contributed by atoms with E-state index in [4.69, 9.17) is 4.74 Å². The zero-order valence-electron chi connectivity index (χ0n) is 8.89. The maximum Gasteiger partial charge on any atom is 0.323 e. The van der Waals surface area contributed by atoms with Crippen LogP contribution in [0.3, 0.4) is 0 Å². The van der Waals surface area contributed by atoms with Crippen molar-refractivity contribution < 1.29 is 9.53 Å². The Bertz CT molecular complexity index is 182. The van der Waals surface area contributed by atoms with Gasteiger partial charge in [-0.2, -0.15) is 0 Å². The van der Waals surface area contributed by atoms with E-state index in [1.54, 1.807) is 13.0 Å². The minimum atomic E-state index is -0.415.